The van der Waals surface area contributed by atoms with Crippen LogP contribution in [0, 0.1) is 0 Å². The Labute approximate surface area is 159 Å². The number of likely N-dealkylation sites (N-methyl/N-ethyl adjacent to an activating group) is 1. The van der Waals surface area contributed by atoms with E-state index in [4.69, 9.17) is 14.0 Å². The molecule has 0 atom stereocenters. The highest BCUT2D eigenvalue weighted by Crippen LogP contribution is 2.31. The van der Waals surface area contributed by atoms with Crippen LogP contribution in [0.15, 0.2) is 22.7 Å². The number of carbonyl (C=O) groups is 1. The van der Waals surface area contributed by atoms with Crippen molar-refractivity contribution in [2.75, 3.05) is 46.9 Å². The topological polar surface area (TPSA) is 82.1 Å². The molecule has 0 spiro atoms. The van der Waals surface area contributed by atoms with Gasteiger partial charge < -0.3 is 23.8 Å². The molecule has 1 N–H and O–H groups in total. The number of hydrogen-bond acceptors (Lipinski definition) is 6. The van der Waals surface area contributed by atoms with Crippen molar-refractivity contribution in [3.05, 3.63) is 24.1 Å². The van der Waals surface area contributed by atoms with E-state index < -0.39 is 0 Å². The Morgan fingerprint density at radius 1 is 1.30 bits per heavy atom. The first-order valence-electron chi connectivity index (χ1n) is 9.33. The largest absolute Gasteiger partial charge is 0.493 e. The highest BCUT2D eigenvalue weighted by Gasteiger charge is 2.22. The molecule has 2 aromatic rings. The molecule has 1 saturated heterocycles. The summed E-state index contributed by atoms with van der Waals surface area (Å²) >= 11 is 0. The molecule has 0 saturated carbocycles. The Kier molecular flexibility index (Phi) is 6.28. The van der Waals surface area contributed by atoms with Crippen molar-refractivity contribution < 1.29 is 23.7 Å². The molecule has 1 aromatic carbocycles. The van der Waals surface area contributed by atoms with Gasteiger partial charge in [0.15, 0.2) is 11.5 Å². The van der Waals surface area contributed by atoms with Gasteiger partial charge in [-0.15, -0.1) is 0 Å². The van der Waals surface area contributed by atoms with E-state index in [-0.39, 0.29) is 5.91 Å². The molecule has 0 aliphatic carbocycles. The predicted molar refractivity (Wildman–Crippen MR) is 99.0 cm³/mol. The van der Waals surface area contributed by atoms with Gasteiger partial charge in [-0.25, -0.2) is 0 Å². The average molecular weight is 375 g/mol. The molecular formula is C19H27N4O4+. The molecule has 1 fully saturated rings. The monoisotopic (exact) mass is 375 g/mol. The predicted octanol–water partition coefficient (Wildman–Crippen LogP) is 0.433. The molecule has 0 bridgehead atoms. The number of piperazine rings is 1. The minimum Gasteiger partial charge on any atom is -0.493 e. The maximum atomic E-state index is 12.3. The van der Waals surface area contributed by atoms with Gasteiger partial charge in [0.1, 0.15) is 0 Å². The van der Waals surface area contributed by atoms with Crippen molar-refractivity contribution in [2.24, 2.45) is 0 Å². The first-order valence-corrected chi connectivity index (χ1v) is 9.33. The number of aromatic nitrogens is 2. The van der Waals surface area contributed by atoms with Crippen LogP contribution in [0.3, 0.4) is 0 Å². The van der Waals surface area contributed by atoms with E-state index in [9.17, 15) is 4.79 Å². The zero-order valence-corrected chi connectivity index (χ0v) is 16.2. The zero-order valence-electron chi connectivity index (χ0n) is 16.2. The lowest BCUT2D eigenvalue weighted by molar-refractivity contribution is -0.883. The fraction of sp³-hybridized carbons (Fsp3) is 0.526. The van der Waals surface area contributed by atoms with E-state index in [0.717, 1.165) is 31.7 Å². The Hall–Kier alpha value is -2.61. The van der Waals surface area contributed by atoms with Crippen LogP contribution in [0.5, 0.6) is 11.5 Å². The molecule has 1 aliphatic heterocycles. The van der Waals surface area contributed by atoms with Crippen LogP contribution in [0.4, 0.5) is 0 Å². The number of ether oxygens (including phenoxy) is 2. The third-order valence-electron chi connectivity index (χ3n) is 4.71. The minimum atomic E-state index is 0.144. The number of nitrogens with zero attached hydrogens (tertiary/aromatic N) is 3. The second-order valence-corrected chi connectivity index (χ2v) is 6.65. The number of rotatable bonds is 7. The number of carbonyl (C=O) groups excluding carboxylic acids is 1. The van der Waals surface area contributed by atoms with Crippen LogP contribution in [-0.4, -0.2) is 67.9 Å². The second-order valence-electron chi connectivity index (χ2n) is 6.65. The minimum absolute atomic E-state index is 0.144. The fourth-order valence-corrected chi connectivity index (χ4v) is 3.06. The van der Waals surface area contributed by atoms with Gasteiger partial charge in [0.05, 0.1) is 46.9 Å². The molecule has 146 valence electrons. The Morgan fingerprint density at radius 3 is 2.78 bits per heavy atom. The summed E-state index contributed by atoms with van der Waals surface area (Å²) in [6, 6.07) is 5.50. The third kappa shape index (κ3) is 4.77. The van der Waals surface area contributed by atoms with E-state index in [2.05, 4.69) is 17.2 Å². The van der Waals surface area contributed by atoms with Gasteiger partial charge in [-0.2, -0.15) is 4.98 Å². The van der Waals surface area contributed by atoms with Crippen molar-refractivity contribution in [3.8, 4) is 22.9 Å². The summed E-state index contributed by atoms with van der Waals surface area (Å²) < 4.78 is 16.2. The quantitative estimate of drug-likeness (QED) is 0.756. The van der Waals surface area contributed by atoms with Gasteiger partial charge in [0, 0.05) is 18.4 Å². The number of nitrogens with one attached hydrogen (secondary N) is 1. The van der Waals surface area contributed by atoms with Gasteiger partial charge in [-0.1, -0.05) is 5.16 Å². The summed E-state index contributed by atoms with van der Waals surface area (Å²) in [6.07, 6.45) is 0.826. The molecule has 0 unspecified atom stereocenters. The van der Waals surface area contributed by atoms with Crippen molar-refractivity contribution in [1.29, 1.82) is 0 Å². The molecule has 1 aromatic heterocycles. The first-order chi connectivity index (χ1) is 13.1. The summed E-state index contributed by atoms with van der Waals surface area (Å²) in [5.74, 6) is 2.37. The molecule has 1 aliphatic rings. The second kappa shape index (κ2) is 8.85. The summed E-state index contributed by atoms with van der Waals surface area (Å²) in [6.45, 7) is 6.09. The highest BCUT2D eigenvalue weighted by atomic mass is 16.5. The smallest absolute Gasteiger partial charge is 0.227 e. The van der Waals surface area contributed by atoms with Crippen molar-refractivity contribution in [1.82, 2.24) is 15.0 Å². The third-order valence-corrected chi connectivity index (χ3v) is 4.71. The van der Waals surface area contributed by atoms with Gasteiger partial charge >= 0.3 is 0 Å². The highest BCUT2D eigenvalue weighted by molar-refractivity contribution is 5.76. The van der Waals surface area contributed by atoms with E-state index in [1.807, 2.05) is 30.0 Å². The molecule has 27 heavy (non-hydrogen) atoms. The fourth-order valence-electron chi connectivity index (χ4n) is 3.06. The lowest BCUT2D eigenvalue weighted by Gasteiger charge is -2.30. The zero-order chi connectivity index (χ0) is 19.2. The van der Waals surface area contributed by atoms with E-state index in [1.54, 1.807) is 7.11 Å². The lowest BCUT2D eigenvalue weighted by Crippen LogP contribution is -3.12. The summed E-state index contributed by atoms with van der Waals surface area (Å²) in [7, 11) is 3.74. The van der Waals surface area contributed by atoms with Gasteiger partial charge in [-0.3, -0.25) is 4.79 Å². The molecular weight excluding hydrogens is 348 g/mol. The molecule has 8 heteroatoms. The number of quaternary nitrogens is 1. The summed E-state index contributed by atoms with van der Waals surface area (Å²) in [4.78, 5) is 20.1. The van der Waals surface area contributed by atoms with Crippen molar-refractivity contribution in [2.45, 2.75) is 19.8 Å². The number of aryl methyl sites for hydroxylation is 1. The molecule has 0 radical (unpaired) electrons. The van der Waals surface area contributed by atoms with Gasteiger partial charge in [0.25, 0.3) is 0 Å². The average Bonchev–Trinajstić information content (AvgIpc) is 3.16. The normalized spacial score (nSPS) is 15.0. The maximum absolute atomic E-state index is 12.3. The summed E-state index contributed by atoms with van der Waals surface area (Å²) in [5.41, 5.74) is 0.777. The van der Waals surface area contributed by atoms with Gasteiger partial charge in [-0.05, 0) is 25.1 Å². The molecule has 2 heterocycles. The standard InChI is InChI=1S/C19H26N4O4/c1-4-26-15-6-5-14(13-16(15)25-3)19-20-17(27-21-19)7-8-18(24)23-11-9-22(2)10-12-23/h5-6,13H,4,7-12H2,1-3H3/p+1. The number of hydrogen-bond donors (Lipinski definition) is 1. The lowest BCUT2D eigenvalue weighted by atomic mass is 10.2. The van der Waals surface area contributed by atoms with Gasteiger partial charge in [0.2, 0.25) is 17.6 Å². The first kappa shape index (κ1) is 19.2. The Balaban J connectivity index is 1.60. The molecule has 1 amide bonds. The van der Waals surface area contributed by atoms with Crippen LogP contribution in [0.2, 0.25) is 0 Å². The van der Waals surface area contributed by atoms with Crippen LogP contribution in [0.25, 0.3) is 11.4 Å². The SMILES string of the molecule is CCOc1ccc(-c2noc(CCC(=O)N3CC[NH+](C)CC3)n2)cc1OC. The maximum Gasteiger partial charge on any atom is 0.227 e. The van der Waals surface area contributed by atoms with Crippen LogP contribution >= 0.6 is 0 Å². The van der Waals surface area contributed by atoms with E-state index >= 15 is 0 Å². The van der Waals surface area contributed by atoms with E-state index in [0.29, 0.717) is 42.7 Å². The van der Waals surface area contributed by atoms with Crippen molar-refractivity contribution in [3.63, 3.8) is 0 Å². The summed E-state index contributed by atoms with van der Waals surface area (Å²) in [5, 5.41) is 4.03. The Morgan fingerprint density at radius 2 is 2.07 bits per heavy atom. The molecule has 3 rings (SSSR count). The number of amides is 1. The van der Waals surface area contributed by atoms with Crippen molar-refractivity contribution >= 4 is 5.91 Å². The van der Waals surface area contributed by atoms with Crippen LogP contribution in [0.1, 0.15) is 19.2 Å². The van der Waals surface area contributed by atoms with E-state index in [1.165, 1.54) is 4.90 Å². The number of benzene rings is 1. The Bertz CT molecular complexity index is 769. The van der Waals surface area contributed by atoms with Crippen LogP contribution < -0.4 is 14.4 Å². The van der Waals surface area contributed by atoms with Crippen LogP contribution in [-0.2, 0) is 11.2 Å². The number of methoxy groups -OCH3 is 1. The molecule has 8 nitrogen and oxygen atoms in total.